The molecule has 0 bridgehead atoms. The lowest BCUT2D eigenvalue weighted by atomic mass is 9.92. The van der Waals surface area contributed by atoms with Crippen LogP contribution < -0.4 is 15.2 Å². The molecule has 0 saturated carbocycles. The van der Waals surface area contributed by atoms with Gasteiger partial charge in [0.15, 0.2) is 12.4 Å². The summed E-state index contributed by atoms with van der Waals surface area (Å²) < 4.78 is 20.4. The normalized spacial score (nSPS) is 13.8. The zero-order valence-electron chi connectivity index (χ0n) is 23.1. The molecule has 0 fully saturated rings. The molecule has 10 nitrogen and oxygen atoms in total. The minimum Gasteiger partial charge on any atom is -0.445 e. The largest absolute Gasteiger partial charge is 0.445 e. The van der Waals surface area contributed by atoms with Crippen LogP contribution in [-0.2, 0) is 40.7 Å². The van der Waals surface area contributed by atoms with Gasteiger partial charge < -0.3 is 29.4 Å². The Balaban J connectivity index is 1.48. The van der Waals surface area contributed by atoms with Gasteiger partial charge in [-0.1, -0.05) is 32.0 Å². The van der Waals surface area contributed by atoms with Crippen LogP contribution in [0.1, 0.15) is 71.8 Å². The molecule has 40 heavy (non-hydrogen) atoms. The third-order valence-electron chi connectivity index (χ3n) is 6.73. The molecule has 0 spiro atoms. The third kappa shape index (κ3) is 7.40. The monoisotopic (exact) mass is 549 g/mol. The fourth-order valence-electron chi connectivity index (χ4n) is 4.70. The minimum absolute atomic E-state index is 0.0708. The molecule has 0 saturated heterocycles. The van der Waals surface area contributed by atoms with Gasteiger partial charge in [0.1, 0.15) is 13.2 Å². The molecule has 212 valence electrons. The number of hydrogen-bond acceptors (Lipinski definition) is 6. The number of pyridine rings is 1. The van der Waals surface area contributed by atoms with Gasteiger partial charge in [0.05, 0.1) is 5.56 Å². The highest BCUT2D eigenvalue weighted by atomic mass is 16.6. The molecule has 4 rings (SSSR count). The maximum Gasteiger partial charge on any atom is 0.407 e. The number of rotatable bonds is 12. The first kappa shape index (κ1) is 28.7. The van der Waals surface area contributed by atoms with Crippen molar-refractivity contribution < 1.29 is 33.2 Å². The van der Waals surface area contributed by atoms with Crippen LogP contribution in [0.25, 0.3) is 0 Å². The van der Waals surface area contributed by atoms with E-state index in [1.807, 2.05) is 50.6 Å². The highest BCUT2D eigenvalue weighted by molar-refractivity contribution is 5.89. The summed E-state index contributed by atoms with van der Waals surface area (Å²) in [6.07, 6.45) is 7.31. The number of aryl methyl sites for hydroxylation is 1. The number of nitrogens with one attached hydrogen (secondary N) is 2. The summed E-state index contributed by atoms with van der Waals surface area (Å²) in [6, 6.07) is 12.9. The maximum absolute atomic E-state index is 12.3. The van der Waals surface area contributed by atoms with Crippen molar-refractivity contribution in [2.24, 2.45) is 0 Å². The van der Waals surface area contributed by atoms with Crippen LogP contribution in [-0.4, -0.2) is 35.8 Å². The zero-order chi connectivity index (χ0) is 28.3. The van der Waals surface area contributed by atoms with Crippen molar-refractivity contribution in [2.45, 2.75) is 65.5 Å². The average molecular weight is 550 g/mol. The number of aromatic nitrogens is 2. The van der Waals surface area contributed by atoms with E-state index in [0.29, 0.717) is 18.7 Å². The van der Waals surface area contributed by atoms with Crippen molar-refractivity contribution in [3.8, 4) is 0 Å². The predicted octanol–water partition coefficient (Wildman–Crippen LogP) is 4.40. The van der Waals surface area contributed by atoms with E-state index in [4.69, 9.17) is 14.2 Å². The van der Waals surface area contributed by atoms with Crippen LogP contribution in [0.5, 0.6) is 0 Å². The van der Waals surface area contributed by atoms with E-state index >= 15 is 0 Å². The number of fused-ring (bicyclic) bond motifs is 1. The first-order valence-electron chi connectivity index (χ1n) is 13.7. The molecule has 3 heterocycles. The number of benzene rings is 1. The average Bonchev–Trinajstić information content (AvgIpc) is 3.55. The molecule has 0 aliphatic carbocycles. The number of hydrogen-bond donors (Lipinski definition) is 2. The molecule has 10 heteroatoms. The molecule has 3 aromatic rings. The van der Waals surface area contributed by atoms with Crippen LogP contribution in [0.4, 0.5) is 9.59 Å². The second kappa shape index (κ2) is 14.2. The molecule has 2 aromatic heterocycles. The van der Waals surface area contributed by atoms with Crippen molar-refractivity contribution >= 4 is 18.2 Å². The lowest BCUT2D eigenvalue weighted by molar-refractivity contribution is -0.727. The van der Waals surface area contributed by atoms with E-state index in [9.17, 15) is 14.4 Å². The molecule has 1 aliphatic rings. The second-order valence-electron chi connectivity index (χ2n) is 9.63. The van der Waals surface area contributed by atoms with E-state index in [2.05, 4.69) is 15.2 Å². The summed E-state index contributed by atoms with van der Waals surface area (Å²) in [5, 5.41) is 5.45. The molecule has 1 aromatic carbocycles. The van der Waals surface area contributed by atoms with Crippen LogP contribution in [0.15, 0.2) is 61.1 Å². The topological polar surface area (TPSA) is 112 Å². The standard InChI is InChI=1S/C30H36N4O6/c1-3-13-31-29(36)38-19-24-18-34-17-12-25(27(34)26(24)20-39-30(37)32-14-4-2)22-10-15-33(16-11-22)21-40-28(35)23-8-6-5-7-9-23/h5-11,15-16,18,25H,3-4,12-14,17,19-21H2,1-2H3,(H-,31,32,36,37)/p+1. The Morgan fingerprint density at radius 2 is 1.55 bits per heavy atom. The fraction of sp³-hybridized carbons (Fsp3) is 0.400. The molecule has 2 N–H and O–H groups in total. The van der Waals surface area contributed by atoms with Gasteiger partial charge in [-0.25, -0.2) is 14.4 Å². The number of alkyl carbamates (subject to hydrolysis) is 2. The van der Waals surface area contributed by atoms with Crippen molar-refractivity contribution in [1.82, 2.24) is 15.2 Å². The Bertz CT molecular complexity index is 1290. The lowest BCUT2D eigenvalue weighted by Crippen LogP contribution is -2.35. The zero-order valence-corrected chi connectivity index (χ0v) is 23.1. The number of amides is 2. The molecular weight excluding hydrogens is 512 g/mol. The lowest BCUT2D eigenvalue weighted by Gasteiger charge is -2.15. The maximum atomic E-state index is 12.3. The molecular formula is C30H37N4O6+. The summed E-state index contributed by atoms with van der Waals surface area (Å²) in [5.74, 6) is -0.307. The van der Waals surface area contributed by atoms with Gasteiger partial charge in [-0.2, -0.15) is 4.57 Å². The van der Waals surface area contributed by atoms with Gasteiger partial charge in [-0.05, 0) is 37.0 Å². The summed E-state index contributed by atoms with van der Waals surface area (Å²) in [6.45, 7) is 6.07. The minimum atomic E-state index is -0.477. The first-order chi connectivity index (χ1) is 19.5. The van der Waals surface area contributed by atoms with Crippen LogP contribution in [0, 0.1) is 0 Å². The van der Waals surface area contributed by atoms with Crippen LogP contribution in [0.2, 0.25) is 0 Å². The fourth-order valence-corrected chi connectivity index (χ4v) is 4.70. The van der Waals surface area contributed by atoms with Crippen molar-refractivity contribution in [1.29, 1.82) is 0 Å². The van der Waals surface area contributed by atoms with Gasteiger partial charge >= 0.3 is 18.2 Å². The number of ether oxygens (including phenoxy) is 3. The predicted molar refractivity (Wildman–Crippen MR) is 146 cm³/mol. The molecule has 1 unspecified atom stereocenters. The number of carbonyl (C=O) groups excluding carboxylic acids is 3. The summed E-state index contributed by atoms with van der Waals surface area (Å²) >= 11 is 0. The summed E-state index contributed by atoms with van der Waals surface area (Å²) in [7, 11) is 0. The van der Waals surface area contributed by atoms with Gasteiger partial charge in [0, 0.05) is 60.7 Å². The van der Waals surface area contributed by atoms with Gasteiger partial charge in [0.25, 0.3) is 6.73 Å². The van der Waals surface area contributed by atoms with E-state index in [0.717, 1.165) is 48.2 Å². The van der Waals surface area contributed by atoms with E-state index < -0.39 is 12.2 Å². The van der Waals surface area contributed by atoms with Crippen LogP contribution >= 0.6 is 0 Å². The Morgan fingerprint density at radius 3 is 2.20 bits per heavy atom. The van der Waals surface area contributed by atoms with E-state index in [1.165, 1.54) is 0 Å². The SMILES string of the molecule is CCCNC(=O)OCc1cn2c(c1COC(=O)NCCC)C(c1cc[n+](COC(=O)c3ccccc3)cc1)CC2. The number of carbonyl (C=O) groups is 3. The van der Waals surface area contributed by atoms with E-state index in [-0.39, 0.29) is 31.8 Å². The van der Waals surface area contributed by atoms with Crippen molar-refractivity contribution in [3.05, 3.63) is 89.0 Å². The highest BCUT2D eigenvalue weighted by Gasteiger charge is 2.31. The highest BCUT2D eigenvalue weighted by Crippen LogP contribution is 2.39. The number of esters is 1. The smallest absolute Gasteiger partial charge is 0.407 e. The third-order valence-corrected chi connectivity index (χ3v) is 6.73. The van der Waals surface area contributed by atoms with Crippen LogP contribution in [0.3, 0.4) is 0 Å². The molecule has 1 aliphatic heterocycles. The Hall–Kier alpha value is -4.34. The Labute approximate surface area is 234 Å². The molecule has 1 atom stereocenters. The van der Waals surface area contributed by atoms with Crippen molar-refractivity contribution in [3.63, 3.8) is 0 Å². The van der Waals surface area contributed by atoms with Gasteiger partial charge in [-0.3, -0.25) is 0 Å². The summed E-state index contributed by atoms with van der Waals surface area (Å²) in [5.41, 5.74) is 4.31. The molecule has 2 amide bonds. The van der Waals surface area contributed by atoms with Crippen molar-refractivity contribution in [2.75, 3.05) is 13.1 Å². The Morgan fingerprint density at radius 1 is 0.900 bits per heavy atom. The first-order valence-corrected chi connectivity index (χ1v) is 13.7. The van der Waals surface area contributed by atoms with Gasteiger partial charge in [0.2, 0.25) is 0 Å². The quantitative estimate of drug-likeness (QED) is 0.197. The summed E-state index contributed by atoms with van der Waals surface area (Å²) in [4.78, 5) is 36.6. The second-order valence-corrected chi connectivity index (χ2v) is 9.63. The Kier molecular flexibility index (Phi) is 10.1. The number of nitrogens with zero attached hydrogens (tertiary/aromatic N) is 2. The van der Waals surface area contributed by atoms with E-state index in [1.54, 1.807) is 28.8 Å². The molecule has 0 radical (unpaired) electrons. The van der Waals surface area contributed by atoms with Gasteiger partial charge in [-0.15, -0.1) is 0 Å².